The Kier molecular flexibility index (Phi) is 15.0. The summed E-state index contributed by atoms with van der Waals surface area (Å²) in [5.74, 6) is -2.45. The SMILES string of the molecule is C=CCCOc1cc(F)ccc1CNC(=O)c1cn(NC(=O)OC(C)(C)C)c(C(=O)NCCCC(OC)OC)c(OCc2ccccc2)c1=O. The van der Waals surface area contributed by atoms with Crippen LogP contribution in [0.3, 0.4) is 0 Å². The number of nitrogens with one attached hydrogen (secondary N) is 3. The van der Waals surface area contributed by atoms with Crippen molar-refractivity contribution in [2.45, 2.75) is 65.1 Å². The van der Waals surface area contributed by atoms with Gasteiger partial charge in [0.2, 0.25) is 5.43 Å². The third-order valence-electron chi connectivity index (χ3n) is 6.94. The molecule has 0 spiro atoms. The zero-order valence-electron chi connectivity index (χ0n) is 29.0. The molecule has 0 unspecified atom stereocenters. The number of rotatable bonds is 18. The summed E-state index contributed by atoms with van der Waals surface area (Å²) in [6.45, 7) is 8.69. The first kappa shape index (κ1) is 39.2. The minimum Gasteiger partial charge on any atom is -0.493 e. The summed E-state index contributed by atoms with van der Waals surface area (Å²) in [5.41, 5.74) is 0.890. The number of pyridine rings is 1. The van der Waals surface area contributed by atoms with Gasteiger partial charge in [-0.3, -0.25) is 14.4 Å². The average molecular weight is 697 g/mol. The highest BCUT2D eigenvalue weighted by atomic mass is 19.1. The van der Waals surface area contributed by atoms with Crippen molar-refractivity contribution >= 4 is 17.9 Å². The third kappa shape index (κ3) is 12.0. The van der Waals surface area contributed by atoms with Gasteiger partial charge < -0.3 is 34.3 Å². The number of ether oxygens (including phenoxy) is 5. The van der Waals surface area contributed by atoms with Crippen LogP contribution in [0.2, 0.25) is 0 Å². The summed E-state index contributed by atoms with van der Waals surface area (Å²) >= 11 is 0. The van der Waals surface area contributed by atoms with Gasteiger partial charge in [0, 0.05) is 51.6 Å². The van der Waals surface area contributed by atoms with Crippen molar-refractivity contribution in [3.8, 4) is 11.5 Å². The number of amides is 3. The molecule has 3 aromatic rings. The number of hydrogen-bond donors (Lipinski definition) is 3. The maximum atomic E-state index is 14.0. The van der Waals surface area contributed by atoms with E-state index in [0.29, 0.717) is 30.4 Å². The van der Waals surface area contributed by atoms with Crippen LogP contribution in [0, 0.1) is 5.82 Å². The number of benzene rings is 2. The summed E-state index contributed by atoms with van der Waals surface area (Å²) in [5, 5.41) is 5.36. The maximum Gasteiger partial charge on any atom is 0.426 e. The van der Waals surface area contributed by atoms with E-state index in [1.807, 2.05) is 0 Å². The van der Waals surface area contributed by atoms with Crippen LogP contribution in [0.4, 0.5) is 9.18 Å². The van der Waals surface area contributed by atoms with Gasteiger partial charge in [-0.2, -0.15) is 0 Å². The molecular formula is C36H45FN4O9. The van der Waals surface area contributed by atoms with E-state index in [9.17, 15) is 23.6 Å². The summed E-state index contributed by atoms with van der Waals surface area (Å²) in [7, 11) is 3.00. The molecule has 0 saturated carbocycles. The van der Waals surface area contributed by atoms with Gasteiger partial charge in [0.25, 0.3) is 11.8 Å². The Balaban J connectivity index is 2.04. The highest BCUT2D eigenvalue weighted by Crippen LogP contribution is 2.22. The smallest absolute Gasteiger partial charge is 0.426 e. The molecule has 1 heterocycles. The molecule has 0 aliphatic rings. The summed E-state index contributed by atoms with van der Waals surface area (Å²) < 4.78 is 42.3. The Hall–Kier alpha value is -5.21. The first-order valence-corrected chi connectivity index (χ1v) is 16.0. The van der Waals surface area contributed by atoms with Crippen molar-refractivity contribution in [1.29, 1.82) is 0 Å². The molecule has 0 aliphatic carbocycles. The summed E-state index contributed by atoms with van der Waals surface area (Å²) in [6, 6.07) is 12.7. The van der Waals surface area contributed by atoms with Gasteiger partial charge in [-0.15, -0.1) is 6.58 Å². The predicted molar refractivity (Wildman–Crippen MR) is 184 cm³/mol. The Morgan fingerprint density at radius 3 is 2.38 bits per heavy atom. The molecule has 0 bridgehead atoms. The zero-order valence-corrected chi connectivity index (χ0v) is 29.0. The minimum atomic E-state index is -0.966. The van der Waals surface area contributed by atoms with Crippen LogP contribution >= 0.6 is 0 Å². The molecule has 0 aliphatic heterocycles. The lowest BCUT2D eigenvalue weighted by Gasteiger charge is -2.23. The normalized spacial score (nSPS) is 11.1. The van der Waals surface area contributed by atoms with Gasteiger partial charge >= 0.3 is 6.09 Å². The lowest BCUT2D eigenvalue weighted by molar-refractivity contribution is -0.106. The lowest BCUT2D eigenvalue weighted by Crippen LogP contribution is -2.39. The van der Waals surface area contributed by atoms with Crippen LogP contribution in [-0.2, 0) is 27.4 Å². The lowest BCUT2D eigenvalue weighted by atomic mass is 10.1. The van der Waals surface area contributed by atoms with E-state index in [1.54, 1.807) is 57.2 Å². The van der Waals surface area contributed by atoms with Crippen LogP contribution in [0.5, 0.6) is 11.5 Å². The van der Waals surface area contributed by atoms with Crippen LogP contribution in [0.25, 0.3) is 0 Å². The van der Waals surface area contributed by atoms with Crippen molar-refractivity contribution in [3.05, 3.63) is 106 Å². The standard InChI is InChI=1S/C36H45FN4O9/c1-7-8-19-48-28-20-26(37)17-16-25(28)21-39-33(43)27-22-41(40-35(45)50-36(2,3)4)30(34(44)38-18-12-15-29(46-5)47-6)32(31(27)42)49-23-24-13-10-9-11-14-24/h7,9-11,13-14,16-17,20,22,29H,1,8,12,15,18-19,21,23H2,2-6H3,(H,38,44)(H,39,43)(H,40,45). The summed E-state index contributed by atoms with van der Waals surface area (Å²) in [4.78, 5) is 54.3. The van der Waals surface area contributed by atoms with Crippen molar-refractivity contribution in [3.63, 3.8) is 0 Å². The van der Waals surface area contributed by atoms with Crippen molar-refractivity contribution in [1.82, 2.24) is 15.3 Å². The fourth-order valence-electron chi connectivity index (χ4n) is 4.53. The fraction of sp³-hybridized carbons (Fsp3) is 0.389. The van der Waals surface area contributed by atoms with Gasteiger partial charge in [0.15, 0.2) is 17.7 Å². The molecule has 2 aromatic carbocycles. The number of carbonyl (C=O) groups is 3. The Morgan fingerprint density at radius 1 is 1.00 bits per heavy atom. The van der Waals surface area contributed by atoms with Gasteiger partial charge in [-0.05, 0) is 45.2 Å². The highest BCUT2D eigenvalue weighted by Gasteiger charge is 2.28. The Bertz CT molecular complexity index is 1670. The maximum absolute atomic E-state index is 14.0. The van der Waals surface area contributed by atoms with E-state index >= 15 is 0 Å². The molecule has 0 radical (unpaired) electrons. The second-order valence-electron chi connectivity index (χ2n) is 12.0. The molecule has 0 saturated heterocycles. The van der Waals surface area contributed by atoms with Gasteiger partial charge in [0.1, 0.15) is 29.3 Å². The van der Waals surface area contributed by atoms with Gasteiger partial charge in [-0.25, -0.2) is 19.3 Å². The first-order valence-electron chi connectivity index (χ1n) is 16.0. The molecule has 14 heteroatoms. The van der Waals surface area contributed by atoms with Crippen LogP contribution in [0.15, 0.2) is 72.2 Å². The molecule has 3 N–H and O–H groups in total. The molecule has 0 atom stereocenters. The van der Waals surface area contributed by atoms with Crippen LogP contribution < -0.4 is 31.0 Å². The largest absolute Gasteiger partial charge is 0.493 e. The van der Waals surface area contributed by atoms with E-state index in [-0.39, 0.29) is 37.7 Å². The molecule has 0 fully saturated rings. The van der Waals surface area contributed by atoms with Gasteiger partial charge in [0.05, 0.1) is 6.61 Å². The first-order chi connectivity index (χ1) is 23.9. The number of carbonyl (C=O) groups excluding carboxylic acids is 3. The van der Waals surface area contributed by atoms with Crippen LogP contribution in [-0.4, -0.2) is 61.8 Å². The van der Waals surface area contributed by atoms with E-state index in [4.69, 9.17) is 23.7 Å². The topological polar surface area (TPSA) is 155 Å². The highest BCUT2D eigenvalue weighted by molar-refractivity contribution is 5.99. The predicted octanol–water partition coefficient (Wildman–Crippen LogP) is 5.06. The molecule has 13 nitrogen and oxygen atoms in total. The average Bonchev–Trinajstić information content (AvgIpc) is 3.07. The number of methoxy groups -OCH3 is 2. The molecule has 50 heavy (non-hydrogen) atoms. The van der Waals surface area contributed by atoms with Gasteiger partial charge in [-0.1, -0.05) is 42.5 Å². The van der Waals surface area contributed by atoms with Crippen molar-refractivity contribution < 1.29 is 42.5 Å². The minimum absolute atomic E-state index is 0.141. The van der Waals surface area contributed by atoms with Crippen molar-refractivity contribution in [2.75, 3.05) is 32.8 Å². The van der Waals surface area contributed by atoms with Crippen molar-refractivity contribution in [2.24, 2.45) is 0 Å². The molecule has 3 amide bonds. The Morgan fingerprint density at radius 2 is 1.72 bits per heavy atom. The molecule has 270 valence electrons. The molecular weight excluding hydrogens is 651 g/mol. The zero-order chi connectivity index (χ0) is 36.7. The number of aromatic nitrogens is 1. The van der Waals surface area contributed by atoms with E-state index in [2.05, 4.69) is 22.6 Å². The molecule has 1 aromatic heterocycles. The fourth-order valence-corrected chi connectivity index (χ4v) is 4.53. The van der Waals surface area contributed by atoms with Crippen LogP contribution in [0.1, 0.15) is 72.0 Å². The molecule has 3 rings (SSSR count). The number of hydrogen-bond acceptors (Lipinski definition) is 9. The Labute approximate surface area is 290 Å². The van der Waals surface area contributed by atoms with E-state index in [1.165, 1.54) is 32.4 Å². The second-order valence-corrected chi connectivity index (χ2v) is 12.0. The third-order valence-corrected chi connectivity index (χ3v) is 6.94. The second kappa shape index (κ2) is 19.1. The van der Waals surface area contributed by atoms with E-state index in [0.717, 1.165) is 10.9 Å². The number of nitrogens with zero attached hydrogens (tertiary/aromatic N) is 1. The summed E-state index contributed by atoms with van der Waals surface area (Å²) in [6.07, 6.45) is 2.64. The number of halogens is 1. The quantitative estimate of drug-likeness (QED) is 0.0941. The monoisotopic (exact) mass is 696 g/mol. The van der Waals surface area contributed by atoms with E-state index < -0.39 is 52.4 Å².